The molecule has 3 heterocycles. The second-order valence-electron chi connectivity index (χ2n) is 9.38. The molecule has 33 heavy (non-hydrogen) atoms. The Morgan fingerprint density at radius 3 is 2.06 bits per heavy atom. The van der Waals surface area contributed by atoms with Crippen LogP contribution in [0.4, 0.5) is 10.5 Å². The third-order valence-electron chi connectivity index (χ3n) is 7.15. The number of amides is 3. The van der Waals surface area contributed by atoms with Gasteiger partial charge in [-0.1, -0.05) is 36.4 Å². The summed E-state index contributed by atoms with van der Waals surface area (Å²) in [6.45, 7) is 2.58. The van der Waals surface area contributed by atoms with Crippen molar-refractivity contribution in [2.75, 3.05) is 29.9 Å². The van der Waals surface area contributed by atoms with Crippen molar-refractivity contribution >= 4 is 27.5 Å². The molecule has 0 saturated carbocycles. The number of fused-ring (bicyclic) bond motifs is 1. The Bertz CT molecular complexity index is 1130. The van der Waals surface area contributed by atoms with E-state index in [4.69, 9.17) is 0 Å². The standard InChI is InChI=1S/C25H29N3O4S/c29-24(22-11-14-33(31,32)17-22)27-12-9-19(10-13-27)18-5-7-23(8-6-18)26-25(30)28-15-20-3-1-2-4-21(20)16-28/h1-8,19,22H,9-17H2,(H,26,30). The van der Waals surface area contributed by atoms with Gasteiger partial charge in [-0.05, 0) is 54.0 Å². The fraction of sp³-hybridized carbons (Fsp3) is 0.440. The number of piperidine rings is 1. The Morgan fingerprint density at radius 2 is 1.48 bits per heavy atom. The number of hydrogen-bond acceptors (Lipinski definition) is 4. The molecule has 3 amide bonds. The van der Waals surface area contributed by atoms with Crippen molar-refractivity contribution in [1.82, 2.24) is 9.80 Å². The van der Waals surface area contributed by atoms with Gasteiger partial charge in [-0.3, -0.25) is 4.79 Å². The summed E-state index contributed by atoms with van der Waals surface area (Å²) in [6, 6.07) is 16.0. The Labute approximate surface area is 194 Å². The molecule has 8 heteroatoms. The molecule has 174 valence electrons. The van der Waals surface area contributed by atoms with Crippen LogP contribution in [0.2, 0.25) is 0 Å². The molecular weight excluding hydrogens is 438 g/mol. The molecule has 3 aliphatic heterocycles. The van der Waals surface area contributed by atoms with E-state index in [2.05, 4.69) is 29.6 Å². The summed E-state index contributed by atoms with van der Waals surface area (Å²) in [7, 11) is -3.05. The van der Waals surface area contributed by atoms with Crippen molar-refractivity contribution < 1.29 is 18.0 Å². The van der Waals surface area contributed by atoms with E-state index < -0.39 is 9.84 Å². The van der Waals surface area contributed by atoms with E-state index in [0.717, 1.165) is 18.5 Å². The van der Waals surface area contributed by atoms with Crippen LogP contribution in [0.25, 0.3) is 0 Å². The molecule has 0 radical (unpaired) electrons. The minimum Gasteiger partial charge on any atom is -0.342 e. The predicted molar refractivity (Wildman–Crippen MR) is 126 cm³/mol. The number of nitrogens with zero attached hydrogens (tertiary/aromatic N) is 2. The number of carbonyl (C=O) groups is 2. The highest BCUT2D eigenvalue weighted by atomic mass is 32.2. The van der Waals surface area contributed by atoms with Gasteiger partial charge >= 0.3 is 6.03 Å². The normalized spacial score (nSPS) is 22.2. The van der Waals surface area contributed by atoms with E-state index >= 15 is 0 Å². The summed E-state index contributed by atoms with van der Waals surface area (Å²) in [4.78, 5) is 29.0. The monoisotopic (exact) mass is 467 g/mol. The molecular formula is C25H29N3O4S. The summed E-state index contributed by atoms with van der Waals surface area (Å²) >= 11 is 0. The predicted octanol–water partition coefficient (Wildman–Crippen LogP) is 3.38. The summed E-state index contributed by atoms with van der Waals surface area (Å²) in [5, 5.41) is 2.99. The van der Waals surface area contributed by atoms with E-state index in [1.165, 1.54) is 16.7 Å². The van der Waals surface area contributed by atoms with Gasteiger partial charge in [-0.25, -0.2) is 13.2 Å². The maximum atomic E-state index is 12.7. The summed E-state index contributed by atoms with van der Waals surface area (Å²) in [5.74, 6) is 0.129. The summed E-state index contributed by atoms with van der Waals surface area (Å²) < 4.78 is 23.4. The van der Waals surface area contributed by atoms with Crippen molar-refractivity contribution in [3.05, 3.63) is 65.2 Å². The van der Waals surface area contributed by atoms with E-state index in [1.54, 1.807) is 4.90 Å². The average molecular weight is 468 g/mol. The molecule has 5 rings (SSSR count). The van der Waals surface area contributed by atoms with E-state index in [9.17, 15) is 18.0 Å². The van der Waals surface area contributed by atoms with Crippen molar-refractivity contribution in [3.8, 4) is 0 Å². The Balaban J connectivity index is 1.12. The maximum Gasteiger partial charge on any atom is 0.322 e. The minimum atomic E-state index is -3.05. The van der Waals surface area contributed by atoms with Gasteiger partial charge in [0.15, 0.2) is 9.84 Å². The molecule has 1 unspecified atom stereocenters. The molecule has 3 aliphatic rings. The maximum absolute atomic E-state index is 12.7. The van der Waals surface area contributed by atoms with Crippen LogP contribution in [0.15, 0.2) is 48.5 Å². The molecule has 0 aliphatic carbocycles. The zero-order chi connectivity index (χ0) is 23.0. The molecule has 0 bridgehead atoms. The minimum absolute atomic E-state index is 0.00244. The van der Waals surface area contributed by atoms with Crippen molar-refractivity contribution in [1.29, 1.82) is 0 Å². The number of carbonyl (C=O) groups excluding carboxylic acids is 2. The first-order valence-electron chi connectivity index (χ1n) is 11.6. The van der Waals surface area contributed by atoms with Gasteiger partial charge in [0.1, 0.15) is 0 Å². The molecule has 2 saturated heterocycles. The van der Waals surface area contributed by atoms with Gasteiger partial charge in [0.2, 0.25) is 5.91 Å². The lowest BCUT2D eigenvalue weighted by Crippen LogP contribution is -2.41. The van der Waals surface area contributed by atoms with Crippen LogP contribution in [0, 0.1) is 5.92 Å². The third-order valence-corrected chi connectivity index (χ3v) is 8.92. The Morgan fingerprint density at radius 1 is 0.848 bits per heavy atom. The lowest BCUT2D eigenvalue weighted by atomic mass is 9.89. The second-order valence-corrected chi connectivity index (χ2v) is 11.6. The fourth-order valence-corrected chi connectivity index (χ4v) is 6.93. The Kier molecular flexibility index (Phi) is 5.86. The number of rotatable bonds is 3. The van der Waals surface area contributed by atoms with E-state index in [0.29, 0.717) is 38.5 Å². The molecule has 2 fully saturated rings. The number of likely N-dealkylation sites (tertiary alicyclic amines) is 1. The highest BCUT2D eigenvalue weighted by Gasteiger charge is 2.36. The largest absolute Gasteiger partial charge is 0.342 e. The van der Waals surface area contributed by atoms with Gasteiger partial charge in [-0.15, -0.1) is 0 Å². The first kappa shape index (κ1) is 21.9. The van der Waals surface area contributed by atoms with Crippen molar-refractivity contribution in [2.45, 2.75) is 38.3 Å². The van der Waals surface area contributed by atoms with Crippen LogP contribution in [-0.4, -0.2) is 54.8 Å². The van der Waals surface area contributed by atoms with Crippen LogP contribution in [-0.2, 0) is 27.7 Å². The lowest BCUT2D eigenvalue weighted by molar-refractivity contribution is -0.135. The fourth-order valence-electron chi connectivity index (χ4n) is 5.20. The molecule has 1 N–H and O–H groups in total. The average Bonchev–Trinajstić information content (AvgIpc) is 3.42. The number of nitrogens with one attached hydrogen (secondary N) is 1. The van der Waals surface area contributed by atoms with E-state index in [1.807, 2.05) is 29.2 Å². The van der Waals surface area contributed by atoms with Crippen molar-refractivity contribution in [3.63, 3.8) is 0 Å². The smallest absolute Gasteiger partial charge is 0.322 e. The quantitative estimate of drug-likeness (QED) is 0.750. The first-order chi connectivity index (χ1) is 15.9. The third kappa shape index (κ3) is 4.76. The zero-order valence-electron chi connectivity index (χ0n) is 18.6. The van der Waals surface area contributed by atoms with Gasteiger partial charge in [-0.2, -0.15) is 0 Å². The van der Waals surface area contributed by atoms with Crippen LogP contribution < -0.4 is 5.32 Å². The van der Waals surface area contributed by atoms with E-state index in [-0.39, 0.29) is 29.4 Å². The molecule has 0 spiro atoms. The molecule has 2 aromatic rings. The van der Waals surface area contributed by atoms with Gasteiger partial charge < -0.3 is 15.1 Å². The van der Waals surface area contributed by atoms with Crippen LogP contribution in [0.5, 0.6) is 0 Å². The number of anilines is 1. The number of urea groups is 1. The van der Waals surface area contributed by atoms with Gasteiger partial charge in [0, 0.05) is 31.9 Å². The molecule has 1 atom stereocenters. The highest BCUT2D eigenvalue weighted by Crippen LogP contribution is 2.31. The van der Waals surface area contributed by atoms with Crippen LogP contribution >= 0.6 is 0 Å². The molecule has 7 nitrogen and oxygen atoms in total. The topological polar surface area (TPSA) is 86.8 Å². The first-order valence-corrected chi connectivity index (χ1v) is 13.4. The molecule has 2 aromatic carbocycles. The SMILES string of the molecule is O=C(Nc1ccc(C2CCN(C(=O)C3CCS(=O)(=O)C3)CC2)cc1)N1Cc2ccccc2C1. The summed E-state index contributed by atoms with van der Waals surface area (Å²) in [5.41, 5.74) is 4.37. The van der Waals surface area contributed by atoms with Crippen LogP contribution in [0.1, 0.15) is 41.9 Å². The summed E-state index contributed by atoms with van der Waals surface area (Å²) in [6.07, 6.45) is 2.18. The molecule has 0 aromatic heterocycles. The van der Waals surface area contributed by atoms with Crippen molar-refractivity contribution in [2.24, 2.45) is 5.92 Å². The highest BCUT2D eigenvalue weighted by molar-refractivity contribution is 7.91. The number of sulfone groups is 1. The zero-order valence-corrected chi connectivity index (χ0v) is 19.4. The Hall–Kier alpha value is -2.87. The van der Waals surface area contributed by atoms with Gasteiger partial charge in [0.05, 0.1) is 17.4 Å². The number of benzene rings is 2. The lowest BCUT2D eigenvalue weighted by Gasteiger charge is -2.33. The second kappa shape index (κ2) is 8.82. The van der Waals surface area contributed by atoms with Crippen LogP contribution in [0.3, 0.4) is 0 Å². The number of hydrogen-bond donors (Lipinski definition) is 1. The van der Waals surface area contributed by atoms with Gasteiger partial charge in [0.25, 0.3) is 0 Å².